The van der Waals surface area contributed by atoms with E-state index in [1.165, 1.54) is 35.7 Å². The summed E-state index contributed by atoms with van der Waals surface area (Å²) in [4.78, 5) is 27.7. The third kappa shape index (κ3) is 5.18. The molecule has 0 unspecified atom stereocenters. The number of aromatic nitrogens is 1. The van der Waals surface area contributed by atoms with Crippen molar-refractivity contribution in [3.63, 3.8) is 0 Å². The van der Waals surface area contributed by atoms with E-state index in [-0.39, 0.29) is 29.1 Å². The highest BCUT2D eigenvalue weighted by Gasteiger charge is 2.27. The highest BCUT2D eigenvalue weighted by Crippen LogP contribution is 2.23. The van der Waals surface area contributed by atoms with E-state index in [0.717, 1.165) is 22.1 Å². The zero-order chi connectivity index (χ0) is 25.2. The van der Waals surface area contributed by atoms with E-state index in [1.54, 1.807) is 6.07 Å². The fourth-order valence-corrected chi connectivity index (χ4v) is 5.35. The summed E-state index contributed by atoms with van der Waals surface area (Å²) in [7, 11) is -2.84. The number of nitrogens with zero attached hydrogens (tertiary/aromatic N) is 1. The molecule has 0 amide bonds. The predicted molar refractivity (Wildman–Crippen MR) is 135 cm³/mol. The Balaban J connectivity index is 1.79. The summed E-state index contributed by atoms with van der Waals surface area (Å²) in [5.74, 6) is -0.631. The lowest BCUT2D eigenvalue weighted by atomic mass is 10.0. The highest BCUT2D eigenvalue weighted by atomic mass is 32.2. The maximum Gasteiger partial charge on any atom is 0.337 e. The number of esters is 1. The van der Waals surface area contributed by atoms with Gasteiger partial charge in [-0.15, -0.1) is 0 Å². The first-order valence-electron chi connectivity index (χ1n) is 11.0. The van der Waals surface area contributed by atoms with Crippen LogP contribution in [0.3, 0.4) is 0 Å². The molecule has 0 saturated carbocycles. The monoisotopic (exact) mass is 490 g/mol. The molecule has 3 aromatic carbocycles. The van der Waals surface area contributed by atoms with E-state index in [9.17, 15) is 18.0 Å². The van der Waals surface area contributed by atoms with E-state index in [0.29, 0.717) is 11.1 Å². The predicted octanol–water partition coefficient (Wildman–Crippen LogP) is 4.32. The average Bonchev–Trinajstić information content (AvgIpc) is 2.85. The van der Waals surface area contributed by atoms with Gasteiger partial charge in [0.05, 0.1) is 17.6 Å². The summed E-state index contributed by atoms with van der Waals surface area (Å²) in [6, 6.07) is 20.5. The molecule has 0 fully saturated rings. The number of aryl methyl sites for hydroxylation is 2. The van der Waals surface area contributed by atoms with Gasteiger partial charge in [-0.3, -0.25) is 4.79 Å². The SMILES string of the molecule is COC(=O)c1cccc(S(=O)(=O)N(Cc2ccccc2)Cc2cc3cc(C)c(C)cc3[nH]c2=O)c1. The van der Waals surface area contributed by atoms with Gasteiger partial charge in [-0.25, -0.2) is 13.2 Å². The van der Waals surface area contributed by atoms with Crippen LogP contribution >= 0.6 is 0 Å². The maximum atomic E-state index is 13.7. The number of carbonyl (C=O) groups is 1. The van der Waals surface area contributed by atoms with Crippen LogP contribution in [0.5, 0.6) is 0 Å². The number of hydrogen-bond donors (Lipinski definition) is 1. The summed E-state index contributed by atoms with van der Waals surface area (Å²) in [6.07, 6.45) is 0. The number of methoxy groups -OCH3 is 1. The lowest BCUT2D eigenvalue weighted by molar-refractivity contribution is 0.0600. The van der Waals surface area contributed by atoms with Gasteiger partial charge in [-0.1, -0.05) is 36.4 Å². The molecular weight excluding hydrogens is 464 g/mol. The molecule has 180 valence electrons. The van der Waals surface area contributed by atoms with Gasteiger partial charge in [0.25, 0.3) is 5.56 Å². The third-order valence-electron chi connectivity index (χ3n) is 5.98. The smallest absolute Gasteiger partial charge is 0.337 e. The molecule has 0 atom stereocenters. The summed E-state index contributed by atoms with van der Waals surface area (Å²) >= 11 is 0. The van der Waals surface area contributed by atoms with Gasteiger partial charge >= 0.3 is 5.97 Å². The molecule has 0 spiro atoms. The molecule has 4 rings (SSSR count). The Morgan fingerprint density at radius 2 is 1.63 bits per heavy atom. The standard InChI is InChI=1S/C27H26N2O5S/c1-18-12-22-14-23(26(30)28-25(22)13-19(18)2)17-29(16-20-8-5-4-6-9-20)35(32,33)24-11-7-10-21(15-24)27(31)34-3/h4-15H,16-17H2,1-3H3,(H,28,30). The van der Waals surface area contributed by atoms with Crippen molar-refractivity contribution in [2.45, 2.75) is 31.8 Å². The molecule has 1 aromatic heterocycles. The Morgan fingerprint density at radius 1 is 0.914 bits per heavy atom. The zero-order valence-corrected chi connectivity index (χ0v) is 20.6. The van der Waals surface area contributed by atoms with E-state index in [4.69, 9.17) is 4.74 Å². The second kappa shape index (κ2) is 9.85. The zero-order valence-electron chi connectivity index (χ0n) is 19.7. The first kappa shape index (κ1) is 24.4. The fraction of sp³-hybridized carbons (Fsp3) is 0.185. The minimum atomic E-state index is -4.07. The topological polar surface area (TPSA) is 96.5 Å². The normalized spacial score (nSPS) is 11.7. The number of sulfonamides is 1. The summed E-state index contributed by atoms with van der Waals surface area (Å²) < 4.78 is 33.5. The van der Waals surface area contributed by atoms with Crippen molar-refractivity contribution in [1.29, 1.82) is 0 Å². The third-order valence-corrected chi connectivity index (χ3v) is 7.76. The first-order valence-corrected chi connectivity index (χ1v) is 12.5. The molecule has 0 bridgehead atoms. The number of benzene rings is 3. The van der Waals surface area contributed by atoms with Crippen molar-refractivity contribution < 1.29 is 17.9 Å². The average molecular weight is 491 g/mol. The maximum absolute atomic E-state index is 13.7. The molecule has 0 aliphatic rings. The van der Waals surface area contributed by atoms with Crippen molar-refractivity contribution in [2.75, 3.05) is 7.11 Å². The molecule has 0 radical (unpaired) electrons. The van der Waals surface area contributed by atoms with Gasteiger partial charge in [0, 0.05) is 24.2 Å². The Bertz CT molecular complexity index is 1560. The minimum absolute atomic E-state index is 0.0516. The van der Waals surface area contributed by atoms with Gasteiger partial charge in [-0.2, -0.15) is 4.31 Å². The number of rotatable bonds is 7. The second-order valence-electron chi connectivity index (χ2n) is 8.43. The Morgan fingerprint density at radius 3 is 2.34 bits per heavy atom. The summed E-state index contributed by atoms with van der Waals surface area (Å²) in [6.45, 7) is 3.87. The van der Waals surface area contributed by atoms with Crippen molar-refractivity contribution in [2.24, 2.45) is 0 Å². The van der Waals surface area contributed by atoms with Crippen LogP contribution in [0, 0.1) is 13.8 Å². The van der Waals surface area contributed by atoms with Crippen molar-refractivity contribution in [3.8, 4) is 0 Å². The van der Waals surface area contributed by atoms with Crippen LogP contribution in [0.25, 0.3) is 10.9 Å². The highest BCUT2D eigenvalue weighted by molar-refractivity contribution is 7.89. The molecule has 0 saturated heterocycles. The molecule has 35 heavy (non-hydrogen) atoms. The van der Waals surface area contributed by atoms with Crippen LogP contribution in [-0.4, -0.2) is 30.8 Å². The lowest BCUT2D eigenvalue weighted by Crippen LogP contribution is -2.32. The van der Waals surface area contributed by atoms with Gasteiger partial charge in [0.15, 0.2) is 0 Å². The largest absolute Gasteiger partial charge is 0.465 e. The summed E-state index contributed by atoms with van der Waals surface area (Å²) in [5, 5.41) is 0.826. The molecule has 7 nitrogen and oxygen atoms in total. The molecule has 0 aliphatic carbocycles. The molecule has 1 heterocycles. The lowest BCUT2D eigenvalue weighted by Gasteiger charge is -2.23. The fourth-order valence-electron chi connectivity index (χ4n) is 3.89. The molecule has 1 N–H and O–H groups in total. The Kier molecular flexibility index (Phi) is 6.86. The molecule has 8 heteroatoms. The van der Waals surface area contributed by atoms with Crippen molar-refractivity contribution in [1.82, 2.24) is 9.29 Å². The quantitative estimate of drug-likeness (QED) is 0.389. The summed E-state index contributed by atoms with van der Waals surface area (Å²) in [5.41, 5.74) is 3.70. The molecular formula is C27H26N2O5S. The van der Waals surface area contributed by atoms with Gasteiger partial charge in [0.2, 0.25) is 10.0 Å². The number of hydrogen-bond acceptors (Lipinski definition) is 5. The van der Waals surface area contributed by atoms with Crippen LogP contribution in [0.15, 0.2) is 82.5 Å². The second-order valence-corrected chi connectivity index (χ2v) is 10.4. The number of nitrogens with one attached hydrogen (secondary N) is 1. The van der Waals surface area contributed by atoms with Crippen LogP contribution in [0.4, 0.5) is 0 Å². The molecule has 0 aliphatic heterocycles. The number of aromatic amines is 1. The van der Waals surface area contributed by atoms with E-state index in [2.05, 4.69) is 4.98 Å². The van der Waals surface area contributed by atoms with Crippen LogP contribution in [0.1, 0.15) is 32.6 Å². The Hall–Kier alpha value is -3.75. The Labute approximate surface area is 204 Å². The number of ether oxygens (including phenoxy) is 1. The van der Waals surface area contributed by atoms with Crippen LogP contribution in [0.2, 0.25) is 0 Å². The minimum Gasteiger partial charge on any atom is -0.465 e. The van der Waals surface area contributed by atoms with Crippen molar-refractivity contribution in [3.05, 3.63) is 111 Å². The number of fused-ring (bicyclic) bond motifs is 1. The van der Waals surface area contributed by atoms with Gasteiger partial charge < -0.3 is 9.72 Å². The van der Waals surface area contributed by atoms with E-state index in [1.807, 2.05) is 56.3 Å². The van der Waals surface area contributed by atoms with Crippen molar-refractivity contribution >= 4 is 26.9 Å². The van der Waals surface area contributed by atoms with Gasteiger partial charge in [0.1, 0.15) is 0 Å². The van der Waals surface area contributed by atoms with E-state index < -0.39 is 16.0 Å². The number of pyridine rings is 1. The number of carbonyl (C=O) groups excluding carboxylic acids is 1. The van der Waals surface area contributed by atoms with Gasteiger partial charge in [-0.05, 0) is 72.3 Å². The van der Waals surface area contributed by atoms with Crippen LogP contribution in [-0.2, 0) is 27.8 Å². The first-order chi connectivity index (χ1) is 16.7. The number of H-pyrrole nitrogens is 1. The van der Waals surface area contributed by atoms with E-state index >= 15 is 0 Å². The molecule has 4 aromatic rings. The van der Waals surface area contributed by atoms with Crippen LogP contribution < -0.4 is 5.56 Å².